The number of halogens is 2. The summed E-state index contributed by atoms with van der Waals surface area (Å²) in [6.07, 6.45) is 0.247. The number of amides is 1. The minimum absolute atomic E-state index is 0.0668. The summed E-state index contributed by atoms with van der Waals surface area (Å²) in [6.45, 7) is 0.220. The lowest BCUT2D eigenvalue weighted by Gasteiger charge is -2.07. The van der Waals surface area contributed by atoms with Crippen molar-refractivity contribution >= 4 is 23.2 Å². The molecule has 0 saturated carbocycles. The highest BCUT2D eigenvalue weighted by Gasteiger charge is 2.05. The van der Waals surface area contributed by atoms with Crippen LogP contribution in [0.25, 0.3) is 0 Å². The fraction of sp³-hybridized carbons (Fsp3) is 0.273. The number of benzene rings is 1. The van der Waals surface area contributed by atoms with Gasteiger partial charge in [-0.15, -0.1) is 0 Å². The van der Waals surface area contributed by atoms with Gasteiger partial charge in [0.1, 0.15) is 5.82 Å². The molecule has 1 rings (SSSR count). The van der Waals surface area contributed by atoms with Crippen molar-refractivity contribution in [2.75, 3.05) is 18.4 Å². The molecule has 0 unspecified atom stereocenters. The summed E-state index contributed by atoms with van der Waals surface area (Å²) >= 11 is 5.69. The van der Waals surface area contributed by atoms with Crippen LogP contribution in [0.4, 0.5) is 10.1 Å². The Labute approximate surface area is 103 Å². The van der Waals surface area contributed by atoms with Gasteiger partial charge in [0.25, 0.3) is 0 Å². The van der Waals surface area contributed by atoms with Crippen LogP contribution in [-0.4, -0.2) is 19.0 Å². The van der Waals surface area contributed by atoms with Crippen molar-refractivity contribution in [3.63, 3.8) is 0 Å². The predicted octanol–water partition coefficient (Wildman–Crippen LogP) is 1.92. The quantitative estimate of drug-likeness (QED) is 0.790. The third-order valence-corrected chi connectivity index (χ3v) is 2.16. The summed E-state index contributed by atoms with van der Waals surface area (Å²) < 4.78 is 13.2. The molecule has 0 fully saturated rings. The van der Waals surface area contributed by atoms with Gasteiger partial charge in [0.2, 0.25) is 5.91 Å². The molecule has 0 aromatic heterocycles. The number of nitrogens with one attached hydrogen (secondary N) is 2. The van der Waals surface area contributed by atoms with Crippen LogP contribution in [0.1, 0.15) is 6.42 Å². The van der Waals surface area contributed by atoms with Gasteiger partial charge in [0, 0.05) is 11.6 Å². The van der Waals surface area contributed by atoms with E-state index in [-0.39, 0.29) is 31.1 Å². The van der Waals surface area contributed by atoms with Crippen LogP contribution >= 0.6 is 11.6 Å². The second-order valence-electron chi connectivity index (χ2n) is 3.24. The summed E-state index contributed by atoms with van der Waals surface area (Å²) in [5.41, 5.74) is 0.174. The third-order valence-electron chi connectivity index (χ3n) is 1.93. The van der Waals surface area contributed by atoms with Crippen molar-refractivity contribution in [3.05, 3.63) is 29.0 Å². The first kappa shape index (κ1) is 13.3. The molecular weight excluding hydrogens is 245 g/mol. The normalized spacial score (nSPS) is 9.47. The van der Waals surface area contributed by atoms with Gasteiger partial charge in [0.05, 0.1) is 24.7 Å². The molecule has 0 radical (unpaired) electrons. The lowest BCUT2D eigenvalue weighted by atomic mass is 10.3. The van der Waals surface area contributed by atoms with Gasteiger partial charge in [0.15, 0.2) is 0 Å². The second-order valence-corrected chi connectivity index (χ2v) is 3.67. The van der Waals surface area contributed by atoms with E-state index in [0.29, 0.717) is 5.02 Å². The van der Waals surface area contributed by atoms with Crippen LogP contribution < -0.4 is 10.6 Å². The van der Waals surface area contributed by atoms with E-state index in [4.69, 9.17) is 16.9 Å². The Kier molecular flexibility index (Phi) is 5.24. The molecule has 1 aromatic rings. The smallest absolute Gasteiger partial charge is 0.239 e. The van der Waals surface area contributed by atoms with E-state index in [2.05, 4.69) is 10.6 Å². The first-order valence-corrected chi connectivity index (χ1v) is 5.34. The number of carbonyl (C=O) groups excluding carboxylic acids is 1. The SMILES string of the molecule is N#CCCNC(=O)CNc1cc(Cl)ccc1F. The van der Waals surface area contributed by atoms with Gasteiger partial charge < -0.3 is 10.6 Å². The number of carbonyl (C=O) groups is 1. The molecule has 0 spiro atoms. The van der Waals surface area contributed by atoms with Crippen molar-refractivity contribution in [1.82, 2.24) is 5.32 Å². The molecule has 0 aliphatic heterocycles. The maximum atomic E-state index is 13.2. The monoisotopic (exact) mass is 255 g/mol. The van der Waals surface area contributed by atoms with Crippen LogP contribution in [-0.2, 0) is 4.79 Å². The maximum Gasteiger partial charge on any atom is 0.239 e. The summed E-state index contributed by atoms with van der Waals surface area (Å²) in [6, 6.07) is 5.95. The summed E-state index contributed by atoms with van der Waals surface area (Å²) in [4.78, 5) is 11.2. The van der Waals surface area contributed by atoms with Gasteiger partial charge >= 0.3 is 0 Å². The largest absolute Gasteiger partial charge is 0.374 e. The van der Waals surface area contributed by atoms with E-state index in [1.807, 2.05) is 6.07 Å². The molecule has 90 valence electrons. The molecular formula is C11H11ClFN3O. The molecule has 1 aromatic carbocycles. The number of anilines is 1. The van der Waals surface area contributed by atoms with E-state index >= 15 is 0 Å². The molecule has 0 saturated heterocycles. The topological polar surface area (TPSA) is 64.9 Å². The lowest BCUT2D eigenvalue weighted by molar-refractivity contribution is -0.119. The van der Waals surface area contributed by atoms with Crippen molar-refractivity contribution in [2.24, 2.45) is 0 Å². The molecule has 0 bridgehead atoms. The number of rotatable bonds is 5. The highest BCUT2D eigenvalue weighted by Crippen LogP contribution is 2.18. The van der Waals surface area contributed by atoms with Gasteiger partial charge in [-0.3, -0.25) is 4.79 Å². The van der Waals surface area contributed by atoms with Crippen LogP contribution in [0.5, 0.6) is 0 Å². The number of nitriles is 1. The van der Waals surface area contributed by atoms with Crippen LogP contribution in [0.3, 0.4) is 0 Å². The van der Waals surface area contributed by atoms with Gasteiger partial charge in [-0.25, -0.2) is 4.39 Å². The average Bonchev–Trinajstić information content (AvgIpc) is 2.31. The summed E-state index contributed by atoms with van der Waals surface area (Å²) in [7, 11) is 0. The molecule has 2 N–H and O–H groups in total. The third kappa shape index (κ3) is 4.70. The van der Waals surface area contributed by atoms with Crippen molar-refractivity contribution in [3.8, 4) is 6.07 Å². The zero-order valence-corrected chi connectivity index (χ0v) is 9.72. The number of hydrogen-bond donors (Lipinski definition) is 2. The standard InChI is InChI=1S/C11H11ClFN3O/c12-8-2-3-9(13)10(6-8)16-7-11(17)15-5-1-4-14/h2-3,6,16H,1,5,7H2,(H,15,17). The van der Waals surface area contributed by atoms with E-state index in [1.54, 1.807) is 0 Å². The highest BCUT2D eigenvalue weighted by atomic mass is 35.5. The van der Waals surface area contributed by atoms with Gasteiger partial charge in [-0.1, -0.05) is 11.6 Å². The van der Waals surface area contributed by atoms with E-state index in [9.17, 15) is 9.18 Å². The Balaban J connectivity index is 2.42. The summed E-state index contributed by atoms with van der Waals surface area (Å²) in [5, 5.41) is 13.8. The average molecular weight is 256 g/mol. The maximum absolute atomic E-state index is 13.2. The summed E-state index contributed by atoms with van der Waals surface area (Å²) in [5.74, 6) is -0.779. The Bertz CT molecular complexity index is 445. The molecule has 6 heteroatoms. The van der Waals surface area contributed by atoms with Gasteiger partial charge in [-0.2, -0.15) is 5.26 Å². The molecule has 0 aliphatic carbocycles. The van der Waals surface area contributed by atoms with Crippen LogP contribution in [0.2, 0.25) is 5.02 Å². The molecule has 17 heavy (non-hydrogen) atoms. The first-order valence-electron chi connectivity index (χ1n) is 4.96. The zero-order chi connectivity index (χ0) is 12.7. The van der Waals surface area contributed by atoms with Crippen molar-refractivity contribution in [2.45, 2.75) is 6.42 Å². The molecule has 0 atom stereocenters. The Morgan fingerprint density at radius 1 is 1.53 bits per heavy atom. The minimum atomic E-state index is -0.473. The van der Waals surface area contributed by atoms with E-state index < -0.39 is 5.82 Å². The Morgan fingerprint density at radius 2 is 2.29 bits per heavy atom. The highest BCUT2D eigenvalue weighted by molar-refractivity contribution is 6.30. The fourth-order valence-corrected chi connectivity index (χ4v) is 1.30. The first-order chi connectivity index (χ1) is 8.13. The number of hydrogen-bond acceptors (Lipinski definition) is 3. The minimum Gasteiger partial charge on any atom is -0.374 e. The predicted molar refractivity (Wildman–Crippen MR) is 63.1 cm³/mol. The second kappa shape index (κ2) is 6.71. The Morgan fingerprint density at radius 3 is 3.00 bits per heavy atom. The van der Waals surface area contributed by atoms with Gasteiger partial charge in [-0.05, 0) is 18.2 Å². The molecule has 0 aliphatic rings. The number of nitrogens with zero attached hydrogens (tertiary/aromatic N) is 1. The van der Waals surface area contributed by atoms with E-state index in [1.165, 1.54) is 18.2 Å². The lowest BCUT2D eigenvalue weighted by Crippen LogP contribution is -2.30. The van der Waals surface area contributed by atoms with Crippen LogP contribution in [0.15, 0.2) is 18.2 Å². The van der Waals surface area contributed by atoms with Crippen LogP contribution in [0, 0.1) is 17.1 Å². The molecule has 4 nitrogen and oxygen atoms in total. The fourth-order valence-electron chi connectivity index (χ4n) is 1.13. The van der Waals surface area contributed by atoms with Crippen molar-refractivity contribution in [1.29, 1.82) is 5.26 Å². The Hall–Kier alpha value is -1.80. The molecule has 0 heterocycles. The van der Waals surface area contributed by atoms with Crippen molar-refractivity contribution < 1.29 is 9.18 Å². The molecule has 1 amide bonds. The van der Waals surface area contributed by atoms with E-state index in [0.717, 1.165) is 0 Å². The zero-order valence-electron chi connectivity index (χ0n) is 8.96.